The van der Waals surface area contributed by atoms with Gasteiger partial charge in [-0.1, -0.05) is 29.8 Å². The molecule has 0 saturated heterocycles. The van der Waals surface area contributed by atoms with Crippen LogP contribution in [0.1, 0.15) is 5.56 Å². The lowest BCUT2D eigenvalue weighted by Crippen LogP contribution is -2.43. The van der Waals surface area contributed by atoms with E-state index in [2.05, 4.69) is 0 Å². The highest BCUT2D eigenvalue weighted by Crippen LogP contribution is 2.42. The number of nitrogens with zero attached hydrogens (tertiary/aromatic N) is 2. The van der Waals surface area contributed by atoms with Crippen LogP contribution in [0.15, 0.2) is 71.6 Å². The highest BCUT2D eigenvalue weighted by atomic mass is 35.5. The van der Waals surface area contributed by atoms with Gasteiger partial charge in [-0.25, -0.2) is 17.9 Å². The second kappa shape index (κ2) is 7.21. The van der Waals surface area contributed by atoms with Crippen molar-refractivity contribution in [3.05, 3.63) is 89.0 Å². The Morgan fingerprint density at radius 1 is 0.926 bits per heavy atom. The van der Waals surface area contributed by atoms with E-state index in [1.165, 1.54) is 57.6 Å². The quantitative estimate of drug-likeness (QED) is 0.482. The van der Waals surface area contributed by atoms with E-state index in [1.807, 2.05) is 18.2 Å². The van der Waals surface area contributed by atoms with Crippen LogP contribution in [0.25, 0.3) is 0 Å². The maximum Gasteiger partial charge on any atom is 0.339 e. The van der Waals surface area contributed by atoms with Gasteiger partial charge in [-0.15, -0.1) is 0 Å². The van der Waals surface area contributed by atoms with E-state index in [0.29, 0.717) is 11.4 Å². The molecule has 2 amide bonds. The van der Waals surface area contributed by atoms with Gasteiger partial charge in [0.1, 0.15) is 11.6 Å². The molecule has 0 fully saturated rings. The van der Waals surface area contributed by atoms with Crippen molar-refractivity contribution in [3.63, 3.8) is 0 Å². The van der Waals surface area contributed by atoms with Gasteiger partial charge in [-0.05, 0) is 60.5 Å². The van der Waals surface area contributed by atoms with E-state index >= 15 is 0 Å². The normalized spacial score (nSPS) is 13.7. The molecule has 0 bridgehead atoms. The Morgan fingerprint density at radius 2 is 1.67 bits per heavy atom. The fourth-order valence-electron chi connectivity index (χ4n) is 2.84. The van der Waals surface area contributed by atoms with Crippen molar-refractivity contribution in [2.75, 3.05) is 9.21 Å². The van der Waals surface area contributed by atoms with Gasteiger partial charge in [-0.2, -0.15) is 0 Å². The summed E-state index contributed by atoms with van der Waals surface area (Å²) in [6.45, 7) is -0.0143. The summed E-state index contributed by atoms with van der Waals surface area (Å²) in [5, 5.41) is 0.256. The fraction of sp³-hybridized carbons (Fsp3) is 0.0500. The van der Waals surface area contributed by atoms with Crippen molar-refractivity contribution >= 4 is 41.0 Å². The van der Waals surface area contributed by atoms with Crippen molar-refractivity contribution in [1.29, 1.82) is 0 Å². The monoisotopic (exact) mass is 402 g/mol. The average Bonchev–Trinajstić information content (AvgIpc) is 2.67. The number of fused-ring (bicyclic) bond motifs is 1. The summed E-state index contributed by atoms with van der Waals surface area (Å²) in [6, 6.07) is 17.1. The molecule has 0 aromatic heterocycles. The van der Waals surface area contributed by atoms with Gasteiger partial charge in [0.2, 0.25) is 0 Å². The average molecular weight is 403 g/mol. The van der Waals surface area contributed by atoms with Gasteiger partial charge in [-0.3, -0.25) is 4.90 Å². The molecule has 3 aromatic rings. The number of carbonyl (C=O) groups is 1. The van der Waals surface area contributed by atoms with Crippen molar-refractivity contribution in [1.82, 2.24) is 0 Å². The van der Waals surface area contributed by atoms with Gasteiger partial charge in [0, 0.05) is 10.6 Å². The zero-order chi connectivity index (χ0) is 19.0. The molecule has 0 aliphatic carbocycles. The third-order valence-corrected chi connectivity index (χ3v) is 5.63. The molecule has 0 atom stereocenters. The SMILES string of the molecule is O=C1N(Cc2c(F)cccc2Cl)c2ccccc2SN1c1ccc(F)cc1. The van der Waals surface area contributed by atoms with E-state index in [4.69, 9.17) is 11.6 Å². The summed E-state index contributed by atoms with van der Waals surface area (Å²) < 4.78 is 29.0. The minimum atomic E-state index is -0.473. The van der Waals surface area contributed by atoms with E-state index in [9.17, 15) is 13.6 Å². The summed E-state index contributed by atoms with van der Waals surface area (Å²) in [4.78, 5) is 15.5. The maximum atomic E-state index is 14.3. The van der Waals surface area contributed by atoms with Crippen molar-refractivity contribution in [2.45, 2.75) is 11.4 Å². The Labute approximate surface area is 164 Å². The summed E-state index contributed by atoms with van der Waals surface area (Å²) >= 11 is 7.40. The van der Waals surface area contributed by atoms with Gasteiger partial charge >= 0.3 is 6.03 Å². The number of urea groups is 1. The standard InChI is InChI=1S/C20H13ClF2N2OS/c21-16-4-3-5-17(23)15(16)12-24-18-6-1-2-7-19(18)27-25(20(24)26)14-10-8-13(22)9-11-14/h1-11H,12H2. The molecule has 4 rings (SSSR count). The molecule has 3 aromatic carbocycles. The second-order valence-corrected chi connectivity index (χ2v) is 7.29. The Morgan fingerprint density at radius 3 is 2.41 bits per heavy atom. The second-order valence-electron chi connectivity index (χ2n) is 5.90. The van der Waals surface area contributed by atoms with E-state index in [1.54, 1.807) is 12.1 Å². The third-order valence-electron chi connectivity index (χ3n) is 4.19. The van der Waals surface area contributed by atoms with Crippen LogP contribution in [0.5, 0.6) is 0 Å². The Kier molecular flexibility index (Phi) is 4.76. The largest absolute Gasteiger partial charge is 0.339 e. The third kappa shape index (κ3) is 3.38. The molecule has 0 N–H and O–H groups in total. The lowest BCUT2D eigenvalue weighted by Gasteiger charge is -2.36. The van der Waals surface area contributed by atoms with Crippen LogP contribution in [0.2, 0.25) is 5.02 Å². The fourth-order valence-corrected chi connectivity index (χ4v) is 4.08. The number of rotatable bonds is 3. The summed E-state index contributed by atoms with van der Waals surface area (Å²) in [5.74, 6) is -0.858. The van der Waals surface area contributed by atoms with Gasteiger partial charge in [0.15, 0.2) is 0 Å². The van der Waals surface area contributed by atoms with Crippen LogP contribution in [-0.2, 0) is 6.54 Å². The number of para-hydroxylation sites is 1. The first-order valence-corrected chi connectivity index (χ1v) is 9.27. The number of carbonyl (C=O) groups excluding carboxylic acids is 1. The highest BCUT2D eigenvalue weighted by molar-refractivity contribution is 8.01. The van der Waals surface area contributed by atoms with E-state index < -0.39 is 5.82 Å². The van der Waals surface area contributed by atoms with Crippen molar-refractivity contribution in [3.8, 4) is 0 Å². The Hall–Kier alpha value is -2.57. The maximum absolute atomic E-state index is 14.3. The predicted molar refractivity (Wildman–Crippen MR) is 104 cm³/mol. The van der Waals surface area contributed by atoms with Crippen LogP contribution < -0.4 is 9.21 Å². The van der Waals surface area contributed by atoms with Crippen molar-refractivity contribution in [2.24, 2.45) is 0 Å². The molecule has 1 heterocycles. The lowest BCUT2D eigenvalue weighted by molar-refractivity contribution is 0.254. The number of anilines is 2. The molecule has 0 unspecified atom stereocenters. The zero-order valence-electron chi connectivity index (χ0n) is 13.9. The molecule has 1 aliphatic heterocycles. The van der Waals surface area contributed by atoms with Crippen LogP contribution in [-0.4, -0.2) is 6.03 Å². The molecule has 1 aliphatic rings. The number of amides is 2. The lowest BCUT2D eigenvalue weighted by atomic mass is 10.2. The van der Waals surface area contributed by atoms with Gasteiger partial charge in [0.05, 0.1) is 22.8 Å². The molecule has 27 heavy (non-hydrogen) atoms. The van der Waals surface area contributed by atoms with Crippen LogP contribution in [0.4, 0.5) is 25.0 Å². The molecule has 0 radical (unpaired) electrons. The van der Waals surface area contributed by atoms with Crippen molar-refractivity contribution < 1.29 is 13.6 Å². The number of hydrogen-bond acceptors (Lipinski definition) is 2. The number of benzene rings is 3. The van der Waals surface area contributed by atoms with Crippen LogP contribution in [0.3, 0.4) is 0 Å². The first kappa shape index (κ1) is 17.8. The summed E-state index contributed by atoms with van der Waals surface area (Å²) in [5.41, 5.74) is 1.45. The molecule has 7 heteroatoms. The molecular formula is C20H13ClF2N2OS. The topological polar surface area (TPSA) is 23.6 Å². The first-order valence-electron chi connectivity index (χ1n) is 8.11. The number of halogens is 3. The minimum absolute atomic E-state index is 0.0143. The molecule has 3 nitrogen and oxygen atoms in total. The Balaban J connectivity index is 1.77. The molecular weight excluding hydrogens is 390 g/mol. The molecule has 136 valence electrons. The van der Waals surface area contributed by atoms with Gasteiger partial charge in [0.25, 0.3) is 0 Å². The Bertz CT molecular complexity index is 993. The van der Waals surface area contributed by atoms with Gasteiger partial charge < -0.3 is 0 Å². The predicted octanol–water partition coefficient (Wildman–Crippen LogP) is 6.27. The number of hydrogen-bond donors (Lipinski definition) is 0. The molecule has 0 saturated carbocycles. The smallest absolute Gasteiger partial charge is 0.288 e. The van der Waals surface area contributed by atoms with E-state index in [-0.39, 0.29) is 29.0 Å². The van der Waals surface area contributed by atoms with Crippen LogP contribution >= 0.6 is 23.5 Å². The van der Waals surface area contributed by atoms with Crippen LogP contribution in [0, 0.1) is 11.6 Å². The minimum Gasteiger partial charge on any atom is -0.288 e. The molecule has 0 spiro atoms. The van der Waals surface area contributed by atoms with E-state index in [0.717, 1.165) is 4.90 Å². The zero-order valence-corrected chi connectivity index (χ0v) is 15.5. The first-order chi connectivity index (χ1) is 13.0. The summed E-state index contributed by atoms with van der Waals surface area (Å²) in [6.07, 6.45) is 0. The highest BCUT2D eigenvalue weighted by Gasteiger charge is 2.33. The summed E-state index contributed by atoms with van der Waals surface area (Å²) in [7, 11) is 0.